The minimum Gasteiger partial charge on any atom is -0.390 e. The lowest BCUT2D eigenvalue weighted by atomic mass is 9.41. The number of aliphatic hydroxyl groups is 4. The first-order valence-electron chi connectivity index (χ1n) is 14.0. The number of hydrogen-bond acceptors (Lipinski definition) is 4. The number of rotatable bonds is 5. The van der Waals surface area contributed by atoms with Crippen molar-refractivity contribution in [1.29, 1.82) is 0 Å². The number of aliphatic hydroxyl groups excluding tert-OH is 3. The van der Waals surface area contributed by atoms with E-state index in [4.69, 9.17) is 0 Å². The molecule has 3 fully saturated rings. The Kier molecular flexibility index (Phi) is 6.50. The van der Waals surface area contributed by atoms with Gasteiger partial charge < -0.3 is 20.4 Å². The van der Waals surface area contributed by atoms with Crippen LogP contribution in [0.2, 0.25) is 0 Å². The van der Waals surface area contributed by atoms with Gasteiger partial charge in [-0.25, -0.2) is 0 Å². The molecule has 0 aromatic rings. The summed E-state index contributed by atoms with van der Waals surface area (Å²) in [7, 11) is 0. The lowest BCUT2D eigenvalue weighted by Gasteiger charge is -2.64. The molecule has 0 saturated heterocycles. The quantitative estimate of drug-likeness (QED) is 0.397. The van der Waals surface area contributed by atoms with Gasteiger partial charge in [-0.2, -0.15) is 0 Å². The Bertz CT molecular complexity index is 811. The smallest absolute Gasteiger partial charge is 0.0853 e. The molecule has 0 aromatic heterocycles. The van der Waals surface area contributed by atoms with Crippen molar-refractivity contribution < 1.29 is 20.4 Å². The SMILES string of the molecule is CC(CCC(O)C(C)(C)O)C1CCC2(C)C3CCC4C(C)(CC(O)C(O)C4(C)C)C3=CCC12C. The molecule has 4 rings (SSSR count). The molecule has 0 heterocycles. The molecule has 0 radical (unpaired) electrons. The third-order valence-electron chi connectivity index (χ3n) is 12.2. The van der Waals surface area contributed by atoms with E-state index in [-0.39, 0.29) is 21.7 Å². The number of allylic oxidation sites excluding steroid dienone is 2. The van der Waals surface area contributed by atoms with Gasteiger partial charge in [0.25, 0.3) is 0 Å². The highest BCUT2D eigenvalue weighted by atomic mass is 16.3. The van der Waals surface area contributed by atoms with Crippen LogP contribution in [-0.4, -0.2) is 44.3 Å². The van der Waals surface area contributed by atoms with Crippen LogP contribution in [-0.2, 0) is 0 Å². The van der Waals surface area contributed by atoms with Gasteiger partial charge in [-0.05, 0) is 111 Å². The average molecular weight is 477 g/mol. The Morgan fingerprint density at radius 1 is 1.00 bits per heavy atom. The van der Waals surface area contributed by atoms with E-state index in [0.29, 0.717) is 36.5 Å². The van der Waals surface area contributed by atoms with E-state index < -0.39 is 23.9 Å². The van der Waals surface area contributed by atoms with Gasteiger partial charge in [-0.15, -0.1) is 0 Å². The molecule has 4 aliphatic carbocycles. The van der Waals surface area contributed by atoms with Gasteiger partial charge in [0.05, 0.1) is 23.9 Å². The minimum absolute atomic E-state index is 0.0457. The Morgan fingerprint density at radius 2 is 1.65 bits per heavy atom. The predicted molar refractivity (Wildman–Crippen MR) is 137 cm³/mol. The molecule has 0 amide bonds. The van der Waals surface area contributed by atoms with E-state index in [9.17, 15) is 20.4 Å². The first kappa shape index (κ1) is 26.6. The largest absolute Gasteiger partial charge is 0.390 e. The van der Waals surface area contributed by atoms with Crippen LogP contribution in [0.25, 0.3) is 0 Å². The summed E-state index contributed by atoms with van der Waals surface area (Å²) in [5.74, 6) is 2.07. The van der Waals surface area contributed by atoms with Crippen LogP contribution in [0, 0.1) is 45.3 Å². The molecule has 0 bridgehead atoms. The molecule has 34 heavy (non-hydrogen) atoms. The van der Waals surface area contributed by atoms with Gasteiger partial charge in [0.15, 0.2) is 0 Å². The van der Waals surface area contributed by atoms with Gasteiger partial charge >= 0.3 is 0 Å². The van der Waals surface area contributed by atoms with Crippen LogP contribution in [0.15, 0.2) is 11.6 Å². The maximum absolute atomic E-state index is 10.9. The highest BCUT2D eigenvalue weighted by Gasteiger charge is 2.66. The summed E-state index contributed by atoms with van der Waals surface area (Å²) in [5.41, 5.74) is 0.671. The first-order chi connectivity index (χ1) is 15.5. The predicted octanol–water partition coefficient (Wildman–Crippen LogP) is 5.47. The molecule has 0 aliphatic heterocycles. The number of hydrogen-bond donors (Lipinski definition) is 4. The van der Waals surface area contributed by atoms with Crippen molar-refractivity contribution in [1.82, 2.24) is 0 Å². The zero-order valence-corrected chi connectivity index (χ0v) is 23.1. The van der Waals surface area contributed by atoms with Crippen molar-refractivity contribution in [3.8, 4) is 0 Å². The molecule has 0 spiro atoms. The van der Waals surface area contributed by atoms with Crippen molar-refractivity contribution in [2.75, 3.05) is 0 Å². The second-order valence-corrected chi connectivity index (χ2v) is 14.7. The molecule has 0 aromatic carbocycles. The second-order valence-electron chi connectivity index (χ2n) is 14.7. The van der Waals surface area contributed by atoms with E-state index in [1.807, 2.05) is 0 Å². The van der Waals surface area contributed by atoms with Crippen molar-refractivity contribution in [3.05, 3.63) is 11.6 Å². The summed E-state index contributed by atoms with van der Waals surface area (Å²) in [4.78, 5) is 0. The van der Waals surface area contributed by atoms with E-state index in [0.717, 1.165) is 19.3 Å². The standard InChI is InChI=1S/C30H52O4/c1-18(9-12-24(32)27(4,5)34)19-13-15-30(8)21-10-11-23-26(2,3)25(33)22(31)17-28(23,6)20(21)14-16-29(19,30)7/h14,18-19,21-25,31-34H,9-13,15-17H2,1-8H3. The van der Waals surface area contributed by atoms with Gasteiger partial charge in [-0.1, -0.05) is 53.2 Å². The van der Waals surface area contributed by atoms with Crippen LogP contribution < -0.4 is 0 Å². The lowest BCUT2D eigenvalue weighted by molar-refractivity contribution is -0.169. The van der Waals surface area contributed by atoms with Crippen LogP contribution in [0.5, 0.6) is 0 Å². The molecule has 3 saturated carbocycles. The summed E-state index contributed by atoms with van der Waals surface area (Å²) in [5, 5.41) is 42.3. The van der Waals surface area contributed by atoms with Gasteiger partial charge in [0.2, 0.25) is 0 Å². The molecule has 4 nitrogen and oxygen atoms in total. The fourth-order valence-electron chi connectivity index (χ4n) is 9.79. The van der Waals surface area contributed by atoms with Crippen molar-refractivity contribution in [3.63, 3.8) is 0 Å². The van der Waals surface area contributed by atoms with Crippen LogP contribution >= 0.6 is 0 Å². The normalized spacial score (nSPS) is 47.8. The summed E-state index contributed by atoms with van der Waals surface area (Å²) >= 11 is 0. The van der Waals surface area contributed by atoms with Gasteiger partial charge in [0.1, 0.15) is 0 Å². The van der Waals surface area contributed by atoms with E-state index in [1.54, 1.807) is 19.4 Å². The van der Waals surface area contributed by atoms with E-state index >= 15 is 0 Å². The Labute approximate surface area is 208 Å². The van der Waals surface area contributed by atoms with Gasteiger partial charge in [-0.3, -0.25) is 0 Å². The van der Waals surface area contributed by atoms with Crippen LogP contribution in [0.3, 0.4) is 0 Å². The highest BCUT2D eigenvalue weighted by Crippen LogP contribution is 2.73. The molecule has 196 valence electrons. The molecule has 10 atom stereocenters. The lowest BCUT2D eigenvalue weighted by Crippen LogP contribution is -2.61. The highest BCUT2D eigenvalue weighted by molar-refractivity contribution is 5.33. The summed E-state index contributed by atoms with van der Waals surface area (Å²) in [6.07, 6.45) is 8.71. The fraction of sp³-hybridized carbons (Fsp3) is 0.933. The van der Waals surface area contributed by atoms with Crippen LogP contribution in [0.4, 0.5) is 0 Å². The molecule has 4 heteroatoms. The van der Waals surface area contributed by atoms with Crippen molar-refractivity contribution >= 4 is 0 Å². The number of fused-ring (bicyclic) bond motifs is 5. The Hall–Kier alpha value is -0.420. The molecular weight excluding hydrogens is 424 g/mol. The Balaban J connectivity index is 1.61. The summed E-state index contributed by atoms with van der Waals surface area (Å²) in [6, 6.07) is 0. The third kappa shape index (κ3) is 3.68. The van der Waals surface area contributed by atoms with E-state index in [2.05, 4.69) is 47.6 Å². The molecule has 4 aliphatic rings. The third-order valence-corrected chi connectivity index (χ3v) is 12.2. The summed E-state index contributed by atoms with van der Waals surface area (Å²) in [6.45, 7) is 17.5. The Morgan fingerprint density at radius 3 is 2.26 bits per heavy atom. The maximum Gasteiger partial charge on any atom is 0.0853 e. The van der Waals surface area contributed by atoms with E-state index in [1.165, 1.54) is 19.3 Å². The zero-order chi connectivity index (χ0) is 25.5. The first-order valence-corrected chi connectivity index (χ1v) is 14.0. The maximum atomic E-state index is 10.9. The fourth-order valence-corrected chi connectivity index (χ4v) is 9.79. The molecule has 10 unspecified atom stereocenters. The summed E-state index contributed by atoms with van der Waals surface area (Å²) < 4.78 is 0. The topological polar surface area (TPSA) is 80.9 Å². The van der Waals surface area contributed by atoms with Gasteiger partial charge in [0, 0.05) is 0 Å². The zero-order valence-electron chi connectivity index (χ0n) is 23.1. The minimum atomic E-state index is -1.05. The van der Waals surface area contributed by atoms with Crippen molar-refractivity contribution in [2.45, 2.75) is 131 Å². The van der Waals surface area contributed by atoms with Crippen molar-refractivity contribution in [2.24, 2.45) is 45.3 Å². The average Bonchev–Trinajstić information content (AvgIpc) is 3.01. The second kappa shape index (κ2) is 8.30. The monoisotopic (exact) mass is 476 g/mol. The molecular formula is C30H52O4. The van der Waals surface area contributed by atoms with Crippen LogP contribution in [0.1, 0.15) is 107 Å². The molecule has 4 N–H and O–H groups in total.